The topological polar surface area (TPSA) is 166 Å². The quantitative estimate of drug-likeness (QED) is 0.0655. The highest BCUT2D eigenvalue weighted by Crippen LogP contribution is 2.66. The number of carboxylic acids is 1. The van der Waals surface area contributed by atoms with Crippen LogP contribution in [0.5, 0.6) is 5.75 Å². The van der Waals surface area contributed by atoms with Gasteiger partial charge in [0, 0.05) is 5.56 Å². The number of rotatable bonds is 9. The van der Waals surface area contributed by atoms with Gasteiger partial charge in [0.1, 0.15) is 41.4 Å². The minimum absolute atomic E-state index is 0.0267. The van der Waals surface area contributed by atoms with Crippen LogP contribution in [-0.4, -0.2) is 69.0 Å². The molecule has 65 heavy (non-hydrogen) atoms. The van der Waals surface area contributed by atoms with E-state index in [-0.39, 0.29) is 24.5 Å². The number of nitrogens with zero attached hydrogens (tertiary/aromatic N) is 2. The van der Waals surface area contributed by atoms with E-state index < -0.39 is 71.1 Å². The number of esters is 1. The van der Waals surface area contributed by atoms with Crippen LogP contribution >= 0.6 is 0 Å². The molecule has 12 heteroatoms. The number of imide groups is 1. The summed E-state index contributed by atoms with van der Waals surface area (Å²) in [6.45, 7) is 1.60. The Bertz CT molecular complexity index is 2620. The van der Waals surface area contributed by atoms with Crippen molar-refractivity contribution in [2.75, 3.05) is 18.1 Å². The van der Waals surface area contributed by atoms with E-state index in [9.17, 15) is 29.7 Å². The summed E-state index contributed by atoms with van der Waals surface area (Å²) >= 11 is 0. The first-order valence-electron chi connectivity index (χ1n) is 22.3. The average Bonchev–Trinajstić information content (AvgIpc) is 3.67. The van der Waals surface area contributed by atoms with Gasteiger partial charge in [-0.2, -0.15) is 0 Å². The molecule has 1 saturated carbocycles. The number of cyclic esters (lactones) is 1. The van der Waals surface area contributed by atoms with E-state index in [1.54, 1.807) is 49.4 Å². The second-order valence-electron chi connectivity index (χ2n) is 17.4. The second-order valence-corrected chi connectivity index (χ2v) is 17.4. The van der Waals surface area contributed by atoms with Crippen molar-refractivity contribution >= 4 is 29.6 Å². The third-order valence-electron chi connectivity index (χ3n) is 13.5. The van der Waals surface area contributed by atoms with E-state index in [1.807, 2.05) is 95.9 Å². The lowest BCUT2D eigenvalue weighted by Crippen LogP contribution is -2.54. The van der Waals surface area contributed by atoms with Gasteiger partial charge in [0.15, 0.2) is 0 Å². The number of benzene rings is 5. The first kappa shape index (κ1) is 43.5. The van der Waals surface area contributed by atoms with Crippen LogP contribution in [-0.2, 0) is 24.5 Å². The SMILES string of the molecule is CC(NC(=O)N1C(=O)C2(c3cc(C#CC4(O)CCCCCC4)ccc31)C(C(=O)O)C1C(=O)OC(c3ccccc3)C(c3ccccc3)N1C2c1ccc(OCCO)cc1)c1ccccc1. The highest BCUT2D eigenvalue weighted by Gasteiger charge is 2.76. The van der Waals surface area contributed by atoms with Crippen molar-refractivity contribution in [3.8, 4) is 17.6 Å². The van der Waals surface area contributed by atoms with E-state index in [4.69, 9.17) is 9.47 Å². The molecule has 4 N–H and O–H groups in total. The Labute approximate surface area is 377 Å². The zero-order valence-corrected chi connectivity index (χ0v) is 36.0. The molecule has 12 nitrogen and oxygen atoms in total. The number of nitrogens with one attached hydrogen (secondary N) is 1. The number of anilines is 1. The molecule has 7 atom stereocenters. The number of urea groups is 1. The van der Waals surface area contributed by atoms with Crippen molar-refractivity contribution in [3.05, 3.63) is 167 Å². The molecule has 5 aromatic carbocycles. The molecule has 0 radical (unpaired) electrons. The van der Waals surface area contributed by atoms with Crippen LogP contribution in [0.1, 0.15) is 103 Å². The Morgan fingerprint density at radius 1 is 0.815 bits per heavy atom. The van der Waals surface area contributed by atoms with E-state index in [2.05, 4.69) is 17.2 Å². The molecule has 4 aliphatic rings. The fourth-order valence-corrected chi connectivity index (χ4v) is 10.6. The van der Waals surface area contributed by atoms with Gasteiger partial charge in [-0.05, 0) is 90.8 Å². The maximum atomic E-state index is 16.2. The molecule has 7 unspecified atom stereocenters. The lowest BCUT2D eigenvalue weighted by atomic mass is 9.65. The number of aliphatic hydroxyl groups excluding tert-OH is 1. The lowest BCUT2D eigenvalue weighted by molar-refractivity contribution is -0.179. The standard InChI is InChI=1S/C53H51N3O9/c1-34(36-15-7-4-8-16-36)54-51(62)55-42-26-21-35(27-30-52(63)28-13-2-3-14-29-52)33-41(42)53(50(55)61)43(48(58)59)45-49(60)65-46(38-19-11-6-12-20-38)44(37-17-9-5-10-18-37)56(45)47(53)39-22-24-40(25-23-39)64-32-31-57/h4-12,15-26,33-34,43-47,57,63H,2-3,13-14,28-29,31-32H2,1H3,(H,54,62)(H,58,59). The van der Waals surface area contributed by atoms with Crippen LogP contribution in [0.15, 0.2) is 133 Å². The fraction of sp³-hybridized carbons (Fsp3) is 0.321. The molecule has 0 bridgehead atoms. The number of aliphatic carboxylic acids is 1. The number of hydrogen-bond acceptors (Lipinski definition) is 9. The minimum atomic E-state index is -2.15. The maximum absolute atomic E-state index is 16.2. The number of ether oxygens (including phenoxy) is 2. The summed E-state index contributed by atoms with van der Waals surface area (Å²) < 4.78 is 12.1. The lowest BCUT2D eigenvalue weighted by Gasteiger charge is -2.46. The van der Waals surface area contributed by atoms with Gasteiger partial charge in [-0.1, -0.05) is 128 Å². The third-order valence-corrected chi connectivity index (χ3v) is 13.5. The summed E-state index contributed by atoms with van der Waals surface area (Å²) in [5.41, 5.74) is -0.00516. The Balaban J connectivity index is 1.30. The van der Waals surface area contributed by atoms with Crippen molar-refractivity contribution in [1.29, 1.82) is 0 Å². The molecule has 332 valence electrons. The van der Waals surface area contributed by atoms with Crippen LogP contribution in [0.2, 0.25) is 0 Å². The zero-order valence-electron chi connectivity index (χ0n) is 36.0. The van der Waals surface area contributed by atoms with Gasteiger partial charge in [-0.25, -0.2) is 9.69 Å². The summed E-state index contributed by atoms with van der Waals surface area (Å²) in [5.74, 6) is 1.82. The van der Waals surface area contributed by atoms with Crippen LogP contribution in [0.4, 0.5) is 10.5 Å². The molecular weight excluding hydrogens is 823 g/mol. The largest absolute Gasteiger partial charge is 0.491 e. The summed E-state index contributed by atoms with van der Waals surface area (Å²) in [5, 5.41) is 35.8. The third kappa shape index (κ3) is 7.84. The number of carbonyl (C=O) groups excluding carboxylic acids is 3. The van der Waals surface area contributed by atoms with Crippen LogP contribution < -0.4 is 15.0 Å². The van der Waals surface area contributed by atoms with Crippen molar-refractivity contribution in [2.45, 2.75) is 86.7 Å². The van der Waals surface area contributed by atoms with Crippen molar-refractivity contribution in [2.24, 2.45) is 5.92 Å². The highest BCUT2D eigenvalue weighted by atomic mass is 16.6. The molecule has 0 aromatic heterocycles. The van der Waals surface area contributed by atoms with Crippen molar-refractivity contribution in [3.63, 3.8) is 0 Å². The van der Waals surface area contributed by atoms with Crippen molar-refractivity contribution in [1.82, 2.24) is 10.2 Å². The first-order chi connectivity index (χ1) is 31.6. The average molecular weight is 874 g/mol. The van der Waals surface area contributed by atoms with Gasteiger partial charge >= 0.3 is 18.0 Å². The monoisotopic (exact) mass is 873 g/mol. The molecule has 9 rings (SSSR count). The molecule has 3 heterocycles. The molecular formula is C53H51N3O9. The van der Waals surface area contributed by atoms with Gasteiger partial charge in [0.25, 0.3) is 0 Å². The smallest absolute Gasteiger partial charge is 0.329 e. The number of morpholine rings is 1. The predicted molar refractivity (Wildman–Crippen MR) is 241 cm³/mol. The summed E-state index contributed by atoms with van der Waals surface area (Å²) in [4.78, 5) is 63.2. The zero-order chi connectivity index (χ0) is 45.3. The van der Waals surface area contributed by atoms with Gasteiger partial charge in [0.2, 0.25) is 5.91 Å². The van der Waals surface area contributed by atoms with Crippen LogP contribution in [0.25, 0.3) is 0 Å². The van der Waals surface area contributed by atoms with Crippen molar-refractivity contribution < 1.29 is 44.0 Å². The van der Waals surface area contributed by atoms with Crippen LogP contribution in [0.3, 0.4) is 0 Å². The Morgan fingerprint density at radius 2 is 1.45 bits per heavy atom. The van der Waals surface area contributed by atoms with E-state index in [0.717, 1.165) is 36.1 Å². The molecule has 2 saturated heterocycles. The number of carboxylic acid groups (broad SMARTS) is 1. The first-order valence-corrected chi connectivity index (χ1v) is 22.3. The minimum Gasteiger partial charge on any atom is -0.491 e. The fourth-order valence-electron chi connectivity index (χ4n) is 10.6. The Morgan fingerprint density at radius 3 is 2.08 bits per heavy atom. The van der Waals surface area contributed by atoms with Gasteiger partial charge in [-0.15, -0.1) is 0 Å². The summed E-state index contributed by atoms with van der Waals surface area (Å²) in [6, 6.07) is 34.7. The Kier molecular flexibility index (Phi) is 12.0. The number of carbonyl (C=O) groups is 4. The molecule has 1 aliphatic carbocycles. The van der Waals surface area contributed by atoms with Gasteiger partial charge in [0.05, 0.1) is 30.4 Å². The predicted octanol–water partition coefficient (Wildman–Crippen LogP) is 7.72. The van der Waals surface area contributed by atoms with Crippen LogP contribution in [0, 0.1) is 17.8 Å². The van der Waals surface area contributed by atoms with E-state index >= 15 is 4.79 Å². The molecule has 3 aliphatic heterocycles. The number of fused-ring (bicyclic) bond motifs is 3. The highest BCUT2D eigenvalue weighted by molar-refractivity contribution is 6.24. The van der Waals surface area contributed by atoms with Gasteiger partial charge in [-0.3, -0.25) is 19.3 Å². The number of amides is 3. The molecule has 1 spiro atoms. The van der Waals surface area contributed by atoms with E-state index in [1.165, 1.54) is 0 Å². The molecule has 3 fully saturated rings. The Hall–Kier alpha value is -6.78. The second kappa shape index (κ2) is 18.0. The van der Waals surface area contributed by atoms with Gasteiger partial charge < -0.3 is 30.1 Å². The number of aliphatic hydroxyl groups is 2. The summed E-state index contributed by atoms with van der Waals surface area (Å²) in [7, 11) is 0. The number of hydrogen-bond donors (Lipinski definition) is 4. The molecule has 3 amide bonds. The molecule has 5 aromatic rings. The normalized spacial score (nSPS) is 25.0. The maximum Gasteiger partial charge on any atom is 0.329 e. The summed E-state index contributed by atoms with van der Waals surface area (Å²) in [6.07, 6.45) is 3.70. The van der Waals surface area contributed by atoms with E-state index in [0.29, 0.717) is 40.8 Å².